The standard InChI is InChI=1S/C7H12O.C4H10.3C2H6/c1-5-4-7(5,3)6(2)8;1-4(2)3;3*1-2/h5H,4H2,1-3H3;4H,1-3H3;3*1-2H3. The molecule has 0 aromatic heterocycles. The van der Waals surface area contributed by atoms with Crippen molar-refractivity contribution in [1.29, 1.82) is 0 Å². The summed E-state index contributed by atoms with van der Waals surface area (Å²) in [6.45, 7) is 24.4. The first kappa shape index (κ1) is 26.3. The van der Waals surface area contributed by atoms with Gasteiger partial charge in [-0.15, -0.1) is 0 Å². The molecule has 1 heteroatoms. The minimum absolute atomic E-state index is 0.0694. The minimum atomic E-state index is 0.0694. The molecular weight excluding hydrogens is 220 g/mol. The predicted octanol–water partition coefficient (Wildman–Crippen LogP) is 6.36. The van der Waals surface area contributed by atoms with Crippen molar-refractivity contribution >= 4 is 5.78 Å². The molecule has 1 nitrogen and oxygen atoms in total. The van der Waals surface area contributed by atoms with Crippen LogP contribution in [0.5, 0.6) is 0 Å². The van der Waals surface area contributed by atoms with Gasteiger partial charge < -0.3 is 0 Å². The molecule has 0 aromatic rings. The third kappa shape index (κ3) is 15.7. The Morgan fingerprint density at radius 2 is 1.17 bits per heavy atom. The van der Waals surface area contributed by atoms with Crippen LogP contribution >= 0.6 is 0 Å². The molecule has 2 atom stereocenters. The van der Waals surface area contributed by atoms with Crippen molar-refractivity contribution in [3.8, 4) is 0 Å². The van der Waals surface area contributed by atoms with Gasteiger partial charge in [0.05, 0.1) is 0 Å². The Morgan fingerprint density at radius 1 is 1.00 bits per heavy atom. The molecule has 18 heavy (non-hydrogen) atoms. The van der Waals surface area contributed by atoms with Gasteiger partial charge >= 0.3 is 0 Å². The van der Waals surface area contributed by atoms with Gasteiger partial charge in [-0.05, 0) is 25.2 Å². The van der Waals surface area contributed by atoms with E-state index in [-0.39, 0.29) is 5.41 Å². The molecule has 0 heterocycles. The Morgan fingerprint density at radius 3 is 1.17 bits per heavy atom. The maximum atomic E-state index is 10.7. The van der Waals surface area contributed by atoms with Crippen LogP contribution in [-0.4, -0.2) is 5.78 Å². The maximum absolute atomic E-state index is 10.7. The molecule has 1 aliphatic carbocycles. The molecule has 0 bridgehead atoms. The molecule has 1 rings (SSSR count). The molecule has 0 aliphatic heterocycles. The SMILES string of the molecule is CC.CC.CC.CC(=O)C1(C)CC1C.CC(C)C. The molecule has 1 aliphatic rings. The first-order valence-electron chi connectivity index (χ1n) is 7.81. The third-order valence-electron chi connectivity index (χ3n) is 2.46. The maximum Gasteiger partial charge on any atom is 0.135 e. The zero-order valence-corrected chi connectivity index (χ0v) is 15.3. The van der Waals surface area contributed by atoms with Crippen LogP contribution < -0.4 is 0 Å². The Balaban J connectivity index is -0.0000000841. The minimum Gasteiger partial charge on any atom is -0.299 e. The van der Waals surface area contributed by atoms with Crippen molar-refractivity contribution in [3.63, 3.8) is 0 Å². The molecule has 114 valence electrons. The quantitative estimate of drug-likeness (QED) is 0.536. The van der Waals surface area contributed by atoms with E-state index in [9.17, 15) is 4.79 Å². The van der Waals surface area contributed by atoms with Crippen molar-refractivity contribution in [3.05, 3.63) is 0 Å². The monoisotopic (exact) mass is 260 g/mol. The van der Waals surface area contributed by atoms with Gasteiger partial charge in [-0.25, -0.2) is 0 Å². The fourth-order valence-electron chi connectivity index (χ4n) is 1.07. The molecule has 0 radical (unpaired) electrons. The van der Waals surface area contributed by atoms with Crippen molar-refractivity contribution < 1.29 is 4.79 Å². The lowest BCUT2D eigenvalue weighted by atomic mass is 10.0. The highest BCUT2D eigenvalue weighted by atomic mass is 16.1. The number of rotatable bonds is 1. The summed E-state index contributed by atoms with van der Waals surface area (Å²) in [7, 11) is 0. The lowest BCUT2D eigenvalue weighted by Crippen LogP contribution is -2.08. The van der Waals surface area contributed by atoms with E-state index < -0.39 is 0 Å². The van der Waals surface area contributed by atoms with Gasteiger partial charge in [-0.1, -0.05) is 76.2 Å². The van der Waals surface area contributed by atoms with E-state index >= 15 is 0 Å². The predicted molar refractivity (Wildman–Crippen MR) is 87.1 cm³/mol. The summed E-state index contributed by atoms with van der Waals surface area (Å²) in [6.07, 6.45) is 1.10. The summed E-state index contributed by atoms with van der Waals surface area (Å²) in [5.74, 6) is 1.82. The highest BCUT2D eigenvalue weighted by Crippen LogP contribution is 2.52. The van der Waals surface area contributed by atoms with E-state index in [0.29, 0.717) is 11.7 Å². The van der Waals surface area contributed by atoms with E-state index in [0.717, 1.165) is 12.3 Å². The first-order chi connectivity index (χ1) is 8.30. The number of hydrogen-bond donors (Lipinski definition) is 0. The Bertz CT molecular complexity index is 158. The van der Waals surface area contributed by atoms with E-state index in [2.05, 4.69) is 27.7 Å². The van der Waals surface area contributed by atoms with Gasteiger partial charge in [0.1, 0.15) is 5.78 Å². The fraction of sp³-hybridized carbons (Fsp3) is 0.941. The van der Waals surface area contributed by atoms with E-state index in [1.165, 1.54) is 0 Å². The summed E-state index contributed by atoms with van der Waals surface area (Å²) < 4.78 is 0. The van der Waals surface area contributed by atoms with Crippen molar-refractivity contribution in [2.75, 3.05) is 0 Å². The topological polar surface area (TPSA) is 17.1 Å². The van der Waals surface area contributed by atoms with Crippen LogP contribution in [0.3, 0.4) is 0 Å². The lowest BCUT2D eigenvalue weighted by Gasteiger charge is -2.00. The molecular formula is C17H40O. The van der Waals surface area contributed by atoms with Gasteiger partial charge in [-0.2, -0.15) is 0 Å². The average Bonchev–Trinajstić information content (AvgIpc) is 2.96. The molecule has 0 spiro atoms. The van der Waals surface area contributed by atoms with Gasteiger partial charge in [-0.3, -0.25) is 4.79 Å². The van der Waals surface area contributed by atoms with Crippen LogP contribution in [0.25, 0.3) is 0 Å². The molecule has 1 fully saturated rings. The van der Waals surface area contributed by atoms with E-state index in [1.807, 2.05) is 48.5 Å². The van der Waals surface area contributed by atoms with Crippen LogP contribution in [0.2, 0.25) is 0 Å². The Kier molecular flexibility index (Phi) is 24.3. The number of carbonyl (C=O) groups is 1. The number of Topliss-reactive ketones (excluding diaryl/α,β-unsaturated/α-hetero) is 1. The molecule has 1 saturated carbocycles. The van der Waals surface area contributed by atoms with Crippen LogP contribution in [0.15, 0.2) is 0 Å². The molecule has 0 amide bonds. The van der Waals surface area contributed by atoms with Crippen molar-refractivity contribution in [1.82, 2.24) is 0 Å². The van der Waals surface area contributed by atoms with Gasteiger partial charge in [0.2, 0.25) is 0 Å². The first-order valence-corrected chi connectivity index (χ1v) is 7.81. The second kappa shape index (κ2) is 16.7. The zero-order valence-electron chi connectivity index (χ0n) is 15.3. The smallest absolute Gasteiger partial charge is 0.135 e. The fourth-order valence-corrected chi connectivity index (χ4v) is 1.07. The second-order valence-electron chi connectivity index (χ2n) is 4.81. The molecule has 2 unspecified atom stereocenters. The van der Waals surface area contributed by atoms with Crippen molar-refractivity contribution in [2.45, 2.75) is 89.5 Å². The Labute approximate surface area is 118 Å². The van der Waals surface area contributed by atoms with Gasteiger partial charge in [0.25, 0.3) is 0 Å². The summed E-state index contributed by atoms with van der Waals surface area (Å²) in [4.78, 5) is 10.7. The normalized spacial score (nSPS) is 22.6. The summed E-state index contributed by atoms with van der Waals surface area (Å²) >= 11 is 0. The average molecular weight is 261 g/mol. The zero-order chi connectivity index (χ0) is 15.9. The lowest BCUT2D eigenvalue weighted by molar-refractivity contribution is -0.121. The van der Waals surface area contributed by atoms with Crippen molar-refractivity contribution in [2.24, 2.45) is 17.3 Å². The van der Waals surface area contributed by atoms with Crippen LogP contribution in [0, 0.1) is 17.3 Å². The van der Waals surface area contributed by atoms with Crippen LogP contribution in [0.1, 0.15) is 89.5 Å². The van der Waals surface area contributed by atoms with E-state index in [1.54, 1.807) is 6.92 Å². The largest absolute Gasteiger partial charge is 0.299 e. The molecule has 0 aromatic carbocycles. The second-order valence-corrected chi connectivity index (χ2v) is 4.81. The van der Waals surface area contributed by atoms with Crippen LogP contribution in [0.4, 0.5) is 0 Å². The third-order valence-corrected chi connectivity index (χ3v) is 2.46. The number of ketones is 1. The number of carbonyl (C=O) groups excluding carboxylic acids is 1. The molecule has 0 saturated heterocycles. The van der Waals surface area contributed by atoms with Crippen LogP contribution in [-0.2, 0) is 4.79 Å². The highest BCUT2D eigenvalue weighted by molar-refractivity contribution is 5.85. The molecule has 0 N–H and O–H groups in total. The van der Waals surface area contributed by atoms with E-state index in [4.69, 9.17) is 0 Å². The summed E-state index contributed by atoms with van der Waals surface area (Å²) in [5, 5.41) is 0. The summed E-state index contributed by atoms with van der Waals surface area (Å²) in [5.41, 5.74) is 0.0694. The highest BCUT2D eigenvalue weighted by Gasteiger charge is 2.50. The van der Waals surface area contributed by atoms with Gasteiger partial charge in [0, 0.05) is 5.41 Å². The Hall–Kier alpha value is -0.330. The van der Waals surface area contributed by atoms with Gasteiger partial charge in [0.15, 0.2) is 0 Å². The summed E-state index contributed by atoms with van der Waals surface area (Å²) in [6, 6.07) is 0. The number of hydrogen-bond acceptors (Lipinski definition) is 1.